The number of sulfonamides is 1. The van der Waals surface area contributed by atoms with E-state index in [2.05, 4.69) is 5.32 Å². The molecule has 0 aliphatic carbocycles. The number of benzene rings is 2. The van der Waals surface area contributed by atoms with E-state index in [1.165, 1.54) is 16.4 Å². The van der Waals surface area contributed by atoms with E-state index >= 15 is 0 Å². The number of carbonyl (C=O) groups excluding carboxylic acids is 1. The summed E-state index contributed by atoms with van der Waals surface area (Å²) in [4.78, 5) is 12.6. The van der Waals surface area contributed by atoms with Crippen LogP contribution in [0.1, 0.15) is 41.3 Å². The Labute approximate surface area is 156 Å². The topological polar surface area (TPSA) is 66.5 Å². The van der Waals surface area contributed by atoms with E-state index in [1.807, 2.05) is 32.9 Å². The van der Waals surface area contributed by atoms with Gasteiger partial charge in [0.2, 0.25) is 10.0 Å². The predicted octanol–water partition coefficient (Wildman–Crippen LogP) is 3.98. The highest BCUT2D eigenvalue weighted by Crippen LogP contribution is 2.19. The van der Waals surface area contributed by atoms with E-state index in [1.54, 1.807) is 25.2 Å². The molecular weight excluding hydrogens is 348 g/mol. The molecule has 2 rings (SSSR count). The monoisotopic (exact) mass is 374 g/mol. The van der Waals surface area contributed by atoms with Crippen molar-refractivity contribution in [2.75, 3.05) is 18.9 Å². The minimum atomic E-state index is -3.50. The summed E-state index contributed by atoms with van der Waals surface area (Å²) in [5.41, 5.74) is 3.31. The highest BCUT2D eigenvalue weighted by Gasteiger charge is 2.20. The summed E-state index contributed by atoms with van der Waals surface area (Å²) < 4.78 is 26.4. The number of aryl methyl sites for hydroxylation is 2. The minimum absolute atomic E-state index is 0.219. The molecule has 26 heavy (non-hydrogen) atoms. The molecule has 1 N–H and O–H groups in total. The number of amides is 1. The standard InChI is InChI=1S/C20H26N2O3S/c1-5-6-13-22(4)26(24,25)19-11-9-18(10-12-19)21-20(23)17-8-7-15(2)16(3)14-17/h7-12,14H,5-6,13H2,1-4H3,(H,21,23). The van der Waals surface area contributed by atoms with Gasteiger partial charge in [0, 0.05) is 24.8 Å². The van der Waals surface area contributed by atoms with Crippen molar-refractivity contribution in [3.8, 4) is 0 Å². The fraction of sp³-hybridized carbons (Fsp3) is 0.350. The van der Waals surface area contributed by atoms with Crippen LogP contribution in [-0.2, 0) is 10.0 Å². The molecule has 0 aliphatic heterocycles. The molecule has 0 aromatic heterocycles. The Hall–Kier alpha value is -2.18. The van der Waals surface area contributed by atoms with Crippen LogP contribution in [0.3, 0.4) is 0 Å². The Bertz CT molecular complexity index is 874. The molecule has 0 spiro atoms. The summed E-state index contributed by atoms with van der Waals surface area (Å²) in [6.45, 7) is 6.46. The molecule has 1 amide bonds. The van der Waals surface area contributed by atoms with Crippen LogP contribution in [0.4, 0.5) is 5.69 Å². The lowest BCUT2D eigenvalue weighted by molar-refractivity contribution is 0.102. The molecule has 140 valence electrons. The summed E-state index contributed by atoms with van der Waals surface area (Å²) in [6, 6.07) is 11.8. The van der Waals surface area contributed by atoms with Gasteiger partial charge in [0.15, 0.2) is 0 Å². The maximum Gasteiger partial charge on any atom is 0.255 e. The molecule has 0 atom stereocenters. The van der Waals surface area contributed by atoms with Gasteiger partial charge in [-0.05, 0) is 67.8 Å². The Balaban J connectivity index is 2.11. The second kappa shape index (κ2) is 8.47. The van der Waals surface area contributed by atoms with Crippen LogP contribution in [0.25, 0.3) is 0 Å². The second-order valence-corrected chi connectivity index (χ2v) is 8.50. The van der Waals surface area contributed by atoms with Gasteiger partial charge in [-0.1, -0.05) is 19.4 Å². The molecule has 0 saturated carbocycles. The van der Waals surface area contributed by atoms with Gasteiger partial charge in [0.05, 0.1) is 4.90 Å². The van der Waals surface area contributed by atoms with Crippen molar-refractivity contribution in [3.63, 3.8) is 0 Å². The van der Waals surface area contributed by atoms with Crippen LogP contribution < -0.4 is 5.32 Å². The summed E-state index contributed by atoms with van der Waals surface area (Å²) in [7, 11) is -1.91. The molecule has 0 fully saturated rings. The lowest BCUT2D eigenvalue weighted by Gasteiger charge is -2.17. The van der Waals surface area contributed by atoms with Crippen LogP contribution in [0.2, 0.25) is 0 Å². The van der Waals surface area contributed by atoms with Crippen LogP contribution >= 0.6 is 0 Å². The van der Waals surface area contributed by atoms with Crippen LogP contribution in [0.15, 0.2) is 47.4 Å². The number of nitrogens with zero attached hydrogens (tertiary/aromatic N) is 1. The fourth-order valence-corrected chi connectivity index (χ4v) is 3.69. The largest absolute Gasteiger partial charge is 0.322 e. The SMILES string of the molecule is CCCCN(C)S(=O)(=O)c1ccc(NC(=O)c2ccc(C)c(C)c2)cc1. The Morgan fingerprint density at radius 1 is 1.04 bits per heavy atom. The van der Waals surface area contributed by atoms with Gasteiger partial charge in [-0.25, -0.2) is 12.7 Å². The number of carbonyl (C=O) groups is 1. The lowest BCUT2D eigenvalue weighted by atomic mass is 10.1. The summed E-state index contributed by atoms with van der Waals surface area (Å²) in [5, 5.41) is 2.80. The van der Waals surface area contributed by atoms with Crippen LogP contribution in [-0.4, -0.2) is 32.2 Å². The first kappa shape index (κ1) is 20.1. The first-order valence-corrected chi connectivity index (χ1v) is 10.1. The third-order valence-corrected chi connectivity index (χ3v) is 6.29. The van der Waals surface area contributed by atoms with Crippen molar-refractivity contribution in [2.24, 2.45) is 0 Å². The molecular formula is C20H26N2O3S. The second-order valence-electron chi connectivity index (χ2n) is 6.46. The van der Waals surface area contributed by atoms with E-state index in [-0.39, 0.29) is 10.8 Å². The molecule has 0 heterocycles. The minimum Gasteiger partial charge on any atom is -0.322 e. The first-order chi connectivity index (χ1) is 12.3. The molecule has 0 bridgehead atoms. The summed E-state index contributed by atoms with van der Waals surface area (Å²) >= 11 is 0. The number of rotatable bonds is 7. The van der Waals surface area contributed by atoms with Gasteiger partial charge >= 0.3 is 0 Å². The van der Waals surface area contributed by atoms with Crippen molar-refractivity contribution in [1.29, 1.82) is 0 Å². The molecule has 2 aromatic rings. The van der Waals surface area contributed by atoms with Gasteiger partial charge in [-0.2, -0.15) is 0 Å². The van der Waals surface area contributed by atoms with Crippen molar-refractivity contribution in [1.82, 2.24) is 4.31 Å². The Kier molecular flexibility index (Phi) is 6.56. The molecule has 2 aromatic carbocycles. The predicted molar refractivity (Wildman–Crippen MR) is 105 cm³/mol. The van der Waals surface area contributed by atoms with Crippen molar-refractivity contribution in [3.05, 3.63) is 59.2 Å². The maximum atomic E-state index is 12.5. The van der Waals surface area contributed by atoms with Crippen molar-refractivity contribution in [2.45, 2.75) is 38.5 Å². The number of anilines is 1. The van der Waals surface area contributed by atoms with Crippen molar-refractivity contribution >= 4 is 21.6 Å². The Morgan fingerprint density at radius 2 is 1.69 bits per heavy atom. The average molecular weight is 375 g/mol. The van der Waals surface area contributed by atoms with Gasteiger partial charge in [-0.3, -0.25) is 4.79 Å². The number of unbranched alkanes of at least 4 members (excludes halogenated alkanes) is 1. The zero-order valence-corrected chi connectivity index (χ0v) is 16.6. The normalized spacial score (nSPS) is 11.6. The lowest BCUT2D eigenvalue weighted by Crippen LogP contribution is -2.27. The van der Waals surface area contributed by atoms with E-state index < -0.39 is 10.0 Å². The highest BCUT2D eigenvalue weighted by molar-refractivity contribution is 7.89. The van der Waals surface area contributed by atoms with Gasteiger partial charge in [-0.15, -0.1) is 0 Å². The molecule has 5 nitrogen and oxygen atoms in total. The van der Waals surface area contributed by atoms with E-state index in [0.29, 0.717) is 17.8 Å². The quantitative estimate of drug-likeness (QED) is 0.797. The zero-order chi connectivity index (χ0) is 19.3. The molecule has 0 radical (unpaired) electrons. The maximum absolute atomic E-state index is 12.5. The number of nitrogens with one attached hydrogen (secondary N) is 1. The van der Waals surface area contributed by atoms with Crippen LogP contribution in [0, 0.1) is 13.8 Å². The zero-order valence-electron chi connectivity index (χ0n) is 15.7. The van der Waals surface area contributed by atoms with Crippen LogP contribution in [0.5, 0.6) is 0 Å². The molecule has 0 unspecified atom stereocenters. The first-order valence-electron chi connectivity index (χ1n) is 8.70. The molecule has 0 aliphatic rings. The fourth-order valence-electron chi connectivity index (χ4n) is 2.48. The van der Waals surface area contributed by atoms with Gasteiger partial charge in [0.1, 0.15) is 0 Å². The van der Waals surface area contributed by atoms with Gasteiger partial charge in [0.25, 0.3) is 5.91 Å². The van der Waals surface area contributed by atoms with E-state index in [4.69, 9.17) is 0 Å². The number of hydrogen-bond acceptors (Lipinski definition) is 3. The Morgan fingerprint density at radius 3 is 2.27 bits per heavy atom. The van der Waals surface area contributed by atoms with E-state index in [0.717, 1.165) is 24.0 Å². The smallest absolute Gasteiger partial charge is 0.255 e. The summed E-state index contributed by atoms with van der Waals surface area (Å²) in [6.07, 6.45) is 1.75. The molecule has 0 saturated heterocycles. The highest BCUT2D eigenvalue weighted by atomic mass is 32.2. The third-order valence-electron chi connectivity index (χ3n) is 4.42. The third kappa shape index (κ3) is 4.71. The molecule has 6 heteroatoms. The average Bonchev–Trinajstić information content (AvgIpc) is 2.62. The van der Waals surface area contributed by atoms with E-state index in [9.17, 15) is 13.2 Å². The van der Waals surface area contributed by atoms with Gasteiger partial charge < -0.3 is 5.32 Å². The summed E-state index contributed by atoms with van der Waals surface area (Å²) in [5.74, 6) is -0.219. The number of hydrogen-bond donors (Lipinski definition) is 1. The van der Waals surface area contributed by atoms with Crippen molar-refractivity contribution < 1.29 is 13.2 Å².